The molecule has 3 nitrogen and oxygen atoms in total. The highest BCUT2D eigenvalue weighted by atomic mass is 16.3. The number of nitrogens with zero attached hydrogens (tertiary/aromatic N) is 1. The van der Waals surface area contributed by atoms with Gasteiger partial charge in [0.25, 0.3) is 0 Å². The molecule has 0 radical (unpaired) electrons. The number of hydrogen-bond acceptors (Lipinski definition) is 3. The first-order valence-electron chi connectivity index (χ1n) is 6.34. The van der Waals surface area contributed by atoms with Crippen molar-refractivity contribution in [3.05, 3.63) is 54.1 Å². The van der Waals surface area contributed by atoms with Crippen molar-refractivity contribution < 1.29 is 10.2 Å². The maximum Gasteiger partial charge on any atom is 0.0811 e. The van der Waals surface area contributed by atoms with E-state index in [9.17, 15) is 5.11 Å². The molecule has 2 aromatic carbocycles. The SMILES string of the molecule is OCC(O)Cc1cccc2nc3ccccc3cc12. The zero-order valence-corrected chi connectivity index (χ0v) is 10.5. The van der Waals surface area contributed by atoms with Gasteiger partial charge in [0.1, 0.15) is 0 Å². The fraction of sp³-hybridized carbons (Fsp3) is 0.188. The Balaban J connectivity index is 2.20. The summed E-state index contributed by atoms with van der Waals surface area (Å²) in [7, 11) is 0. The number of rotatable bonds is 3. The standard InChI is InChI=1S/C16H15NO2/c18-10-13(19)8-11-5-3-7-16-14(11)9-12-4-1-2-6-15(12)17-16/h1-7,9,13,18-19H,8,10H2. The van der Waals surface area contributed by atoms with Gasteiger partial charge in [-0.15, -0.1) is 0 Å². The fourth-order valence-electron chi connectivity index (χ4n) is 2.36. The van der Waals surface area contributed by atoms with Gasteiger partial charge in [-0.05, 0) is 23.8 Å². The van der Waals surface area contributed by atoms with E-state index in [2.05, 4.69) is 11.1 Å². The van der Waals surface area contributed by atoms with Gasteiger partial charge in [-0.3, -0.25) is 0 Å². The van der Waals surface area contributed by atoms with Crippen molar-refractivity contribution in [1.82, 2.24) is 4.98 Å². The minimum Gasteiger partial charge on any atom is -0.394 e. The lowest BCUT2D eigenvalue weighted by Gasteiger charge is -2.10. The monoisotopic (exact) mass is 253 g/mol. The Morgan fingerprint density at radius 3 is 2.63 bits per heavy atom. The minimum atomic E-state index is -0.725. The van der Waals surface area contributed by atoms with Crippen LogP contribution in [0.4, 0.5) is 0 Å². The molecular weight excluding hydrogens is 238 g/mol. The van der Waals surface area contributed by atoms with Gasteiger partial charge in [0, 0.05) is 17.2 Å². The van der Waals surface area contributed by atoms with Crippen LogP contribution in [0.15, 0.2) is 48.5 Å². The summed E-state index contributed by atoms with van der Waals surface area (Å²) >= 11 is 0. The molecule has 3 aromatic rings. The first-order valence-corrected chi connectivity index (χ1v) is 6.34. The number of para-hydroxylation sites is 1. The minimum absolute atomic E-state index is 0.225. The summed E-state index contributed by atoms with van der Waals surface area (Å²) in [6, 6.07) is 15.9. The highest BCUT2D eigenvalue weighted by Crippen LogP contribution is 2.23. The molecule has 0 aliphatic carbocycles. The van der Waals surface area contributed by atoms with E-state index in [0.29, 0.717) is 6.42 Å². The van der Waals surface area contributed by atoms with Crippen LogP contribution in [0.5, 0.6) is 0 Å². The zero-order valence-electron chi connectivity index (χ0n) is 10.5. The molecule has 1 aromatic heterocycles. The molecule has 19 heavy (non-hydrogen) atoms. The zero-order chi connectivity index (χ0) is 13.2. The third-order valence-electron chi connectivity index (χ3n) is 3.32. The second-order valence-corrected chi connectivity index (χ2v) is 4.71. The highest BCUT2D eigenvalue weighted by Gasteiger charge is 2.08. The summed E-state index contributed by atoms with van der Waals surface area (Å²) in [5, 5.41) is 20.7. The van der Waals surface area contributed by atoms with Crippen molar-refractivity contribution >= 4 is 21.8 Å². The maximum atomic E-state index is 9.61. The molecule has 0 saturated carbocycles. The van der Waals surface area contributed by atoms with Crippen LogP contribution < -0.4 is 0 Å². The molecule has 0 bridgehead atoms. The molecule has 0 fully saturated rings. The van der Waals surface area contributed by atoms with E-state index in [1.165, 1.54) is 0 Å². The van der Waals surface area contributed by atoms with E-state index < -0.39 is 6.10 Å². The summed E-state index contributed by atoms with van der Waals surface area (Å²) < 4.78 is 0. The first kappa shape index (κ1) is 12.1. The summed E-state index contributed by atoms with van der Waals surface area (Å²) in [4.78, 5) is 4.63. The number of pyridine rings is 1. The quantitative estimate of drug-likeness (QED) is 0.704. The van der Waals surface area contributed by atoms with Crippen molar-refractivity contribution in [2.45, 2.75) is 12.5 Å². The average molecular weight is 253 g/mol. The smallest absolute Gasteiger partial charge is 0.0811 e. The normalized spacial score (nSPS) is 12.9. The van der Waals surface area contributed by atoms with Crippen LogP contribution in [-0.4, -0.2) is 27.9 Å². The predicted molar refractivity (Wildman–Crippen MR) is 76.0 cm³/mol. The van der Waals surface area contributed by atoms with Crippen LogP contribution >= 0.6 is 0 Å². The number of aromatic nitrogens is 1. The van der Waals surface area contributed by atoms with E-state index in [1.54, 1.807) is 0 Å². The molecule has 0 aliphatic heterocycles. The largest absolute Gasteiger partial charge is 0.394 e. The Bertz CT molecular complexity index is 724. The number of aliphatic hydroxyl groups excluding tert-OH is 2. The van der Waals surface area contributed by atoms with Crippen LogP contribution in [-0.2, 0) is 6.42 Å². The molecular formula is C16H15NO2. The van der Waals surface area contributed by atoms with E-state index >= 15 is 0 Å². The van der Waals surface area contributed by atoms with Gasteiger partial charge in [-0.2, -0.15) is 0 Å². The van der Waals surface area contributed by atoms with Crippen LogP contribution in [0.3, 0.4) is 0 Å². The van der Waals surface area contributed by atoms with Gasteiger partial charge in [0.05, 0.1) is 23.7 Å². The summed E-state index contributed by atoms with van der Waals surface area (Å²) in [6.07, 6.45) is -0.287. The van der Waals surface area contributed by atoms with Gasteiger partial charge < -0.3 is 10.2 Å². The van der Waals surface area contributed by atoms with Crippen molar-refractivity contribution in [2.24, 2.45) is 0 Å². The molecule has 96 valence electrons. The van der Waals surface area contributed by atoms with Gasteiger partial charge >= 0.3 is 0 Å². The second kappa shape index (κ2) is 4.96. The molecule has 1 atom stereocenters. The van der Waals surface area contributed by atoms with E-state index in [1.807, 2.05) is 42.5 Å². The Hall–Kier alpha value is -1.97. The number of benzene rings is 2. The van der Waals surface area contributed by atoms with Gasteiger partial charge in [0.2, 0.25) is 0 Å². The highest BCUT2D eigenvalue weighted by molar-refractivity contribution is 5.94. The summed E-state index contributed by atoms with van der Waals surface area (Å²) in [6.45, 7) is -0.225. The Kier molecular flexibility index (Phi) is 3.15. The second-order valence-electron chi connectivity index (χ2n) is 4.71. The Morgan fingerprint density at radius 1 is 1.00 bits per heavy atom. The van der Waals surface area contributed by atoms with Crippen molar-refractivity contribution in [3.8, 4) is 0 Å². The lowest BCUT2D eigenvalue weighted by atomic mass is 10.0. The van der Waals surface area contributed by atoms with Crippen molar-refractivity contribution in [2.75, 3.05) is 6.61 Å². The number of fused-ring (bicyclic) bond motifs is 2. The number of hydrogen-bond donors (Lipinski definition) is 2. The predicted octanol–water partition coefficient (Wildman–Crippen LogP) is 2.28. The van der Waals surface area contributed by atoms with Crippen molar-refractivity contribution in [3.63, 3.8) is 0 Å². The van der Waals surface area contributed by atoms with Gasteiger partial charge in [0.15, 0.2) is 0 Å². The third kappa shape index (κ3) is 2.30. The Morgan fingerprint density at radius 2 is 1.79 bits per heavy atom. The van der Waals surface area contributed by atoms with Crippen LogP contribution in [0.25, 0.3) is 21.8 Å². The lowest BCUT2D eigenvalue weighted by Crippen LogP contribution is -2.15. The fourth-order valence-corrected chi connectivity index (χ4v) is 2.36. The Labute approximate surface area is 111 Å². The van der Waals surface area contributed by atoms with Crippen LogP contribution in [0.2, 0.25) is 0 Å². The summed E-state index contributed by atoms with van der Waals surface area (Å²) in [5.74, 6) is 0. The lowest BCUT2D eigenvalue weighted by molar-refractivity contribution is 0.0957. The third-order valence-corrected chi connectivity index (χ3v) is 3.32. The molecule has 3 heteroatoms. The van der Waals surface area contributed by atoms with E-state index in [-0.39, 0.29) is 6.61 Å². The molecule has 0 saturated heterocycles. The van der Waals surface area contributed by atoms with E-state index in [4.69, 9.17) is 5.11 Å². The molecule has 1 heterocycles. The maximum absolute atomic E-state index is 9.61. The number of aliphatic hydroxyl groups is 2. The van der Waals surface area contributed by atoms with Crippen molar-refractivity contribution in [1.29, 1.82) is 0 Å². The summed E-state index contributed by atoms with van der Waals surface area (Å²) in [5.41, 5.74) is 2.90. The molecule has 0 spiro atoms. The molecule has 3 rings (SSSR count). The van der Waals surface area contributed by atoms with Crippen LogP contribution in [0, 0.1) is 0 Å². The molecule has 0 aliphatic rings. The van der Waals surface area contributed by atoms with Crippen LogP contribution in [0.1, 0.15) is 5.56 Å². The van der Waals surface area contributed by atoms with Gasteiger partial charge in [-0.25, -0.2) is 4.98 Å². The molecule has 1 unspecified atom stereocenters. The first-order chi connectivity index (χ1) is 9.28. The topological polar surface area (TPSA) is 53.4 Å². The van der Waals surface area contributed by atoms with Gasteiger partial charge in [-0.1, -0.05) is 30.3 Å². The average Bonchev–Trinajstić information content (AvgIpc) is 2.45. The van der Waals surface area contributed by atoms with E-state index in [0.717, 1.165) is 27.4 Å². The molecule has 0 amide bonds. The molecule has 2 N–H and O–H groups in total.